The van der Waals surface area contributed by atoms with Crippen molar-refractivity contribution in [2.75, 3.05) is 40.1 Å². The normalized spacial score (nSPS) is 21.2. The summed E-state index contributed by atoms with van der Waals surface area (Å²) >= 11 is 0. The lowest BCUT2D eigenvalue weighted by Crippen LogP contribution is -2.70. The second-order valence-electron chi connectivity index (χ2n) is 15.0. The molecule has 6 atom stereocenters. The number of ether oxygens (including phenoxy) is 9. The summed E-state index contributed by atoms with van der Waals surface area (Å²) in [5.74, 6) is -6.26. The summed E-state index contributed by atoms with van der Waals surface area (Å²) in [6.07, 6.45) is -6.73. The van der Waals surface area contributed by atoms with Crippen LogP contribution in [0, 0.1) is 12.3 Å². The number of rotatable bonds is 19. The molecule has 2 aliphatic heterocycles. The van der Waals surface area contributed by atoms with Gasteiger partial charge in [0, 0.05) is 47.3 Å². The van der Waals surface area contributed by atoms with Gasteiger partial charge in [0.2, 0.25) is 5.91 Å². The first-order chi connectivity index (χ1) is 30.7. The first-order valence-electron chi connectivity index (χ1n) is 20.3. The number of hydrogen-bond acceptors (Lipinski definition) is 16. The van der Waals surface area contributed by atoms with Gasteiger partial charge in [-0.25, -0.2) is 4.79 Å². The Morgan fingerprint density at radius 1 is 0.892 bits per heavy atom. The van der Waals surface area contributed by atoms with Crippen molar-refractivity contribution in [3.8, 4) is 18.1 Å². The Hall–Kier alpha value is -6.24. The molecule has 354 valence electrons. The summed E-state index contributed by atoms with van der Waals surface area (Å²) in [7, 11) is 1.01. The van der Waals surface area contributed by atoms with Crippen LogP contribution in [0.4, 0.5) is 13.2 Å². The molecular formula is C44H51F3N2O16. The van der Waals surface area contributed by atoms with E-state index in [1.165, 1.54) is 12.1 Å². The van der Waals surface area contributed by atoms with E-state index in [0.717, 1.165) is 46.9 Å². The van der Waals surface area contributed by atoms with Crippen LogP contribution in [-0.4, -0.2) is 118 Å². The Balaban J connectivity index is 1.81. The van der Waals surface area contributed by atoms with E-state index in [9.17, 15) is 46.7 Å². The van der Waals surface area contributed by atoms with Gasteiger partial charge in [0.25, 0.3) is 11.7 Å². The molecule has 21 heteroatoms. The largest absolute Gasteiger partial charge is 0.493 e. The molecule has 18 nitrogen and oxygen atoms in total. The number of carbonyl (C=O) groups excluding carboxylic acids is 7. The highest BCUT2D eigenvalue weighted by atomic mass is 19.4. The average molecular weight is 921 g/mol. The molecule has 2 aromatic rings. The van der Waals surface area contributed by atoms with E-state index in [2.05, 4.69) is 16.6 Å². The molecule has 0 radical (unpaired) electrons. The molecule has 2 aromatic carbocycles. The number of terminal acetylenes is 1. The van der Waals surface area contributed by atoms with Crippen LogP contribution < -0.4 is 15.4 Å². The highest BCUT2D eigenvalue weighted by Crippen LogP contribution is 2.40. The number of benzene rings is 2. The maximum absolute atomic E-state index is 14.3. The lowest BCUT2D eigenvalue weighted by atomic mass is 9.73. The molecular weight excluding hydrogens is 869 g/mol. The van der Waals surface area contributed by atoms with Gasteiger partial charge in [0.1, 0.15) is 18.0 Å². The fraction of sp³-hybridized carbons (Fsp3) is 0.523. The van der Waals surface area contributed by atoms with Crippen molar-refractivity contribution in [1.82, 2.24) is 10.6 Å². The minimum Gasteiger partial charge on any atom is -0.493 e. The maximum atomic E-state index is 14.3. The Bertz CT molecular complexity index is 2050. The van der Waals surface area contributed by atoms with Crippen molar-refractivity contribution in [1.29, 1.82) is 0 Å². The predicted molar refractivity (Wildman–Crippen MR) is 216 cm³/mol. The van der Waals surface area contributed by atoms with E-state index in [4.69, 9.17) is 49.1 Å². The molecule has 2 N–H and O–H groups in total. The molecule has 0 unspecified atom stereocenters. The van der Waals surface area contributed by atoms with E-state index in [1.807, 2.05) is 0 Å². The number of halogens is 3. The fourth-order valence-corrected chi connectivity index (χ4v) is 7.35. The maximum Gasteiger partial charge on any atom is 0.416 e. The van der Waals surface area contributed by atoms with Crippen molar-refractivity contribution in [2.45, 2.75) is 108 Å². The monoisotopic (exact) mass is 920 g/mol. The van der Waals surface area contributed by atoms with Crippen molar-refractivity contribution in [2.24, 2.45) is 0 Å². The Morgan fingerprint density at radius 3 is 2.09 bits per heavy atom. The van der Waals surface area contributed by atoms with E-state index in [-0.39, 0.29) is 44.8 Å². The topological polar surface area (TPSA) is 227 Å². The van der Waals surface area contributed by atoms with Crippen LogP contribution in [0.25, 0.3) is 0 Å². The SMILES string of the molecule is C#CCCOc1ccc(CO[C@]2(C(=O)OC)C[C@H](OC(C)=O)[C@@H](NC(=O)COC(C)=O)[C@H]([C@H](OC(C)=O)[C@@H](CNC(=O)C3(c4ccc(C(F)(F)F)cc4)CCOCC3)OC(C)=O)O2)cc1. The Kier molecular flexibility index (Phi) is 18.3. The molecule has 4 rings (SSSR count). The van der Waals surface area contributed by atoms with Crippen LogP contribution >= 0.6 is 0 Å². The van der Waals surface area contributed by atoms with Crippen LogP contribution in [-0.2, 0) is 89.7 Å². The van der Waals surface area contributed by atoms with E-state index in [0.29, 0.717) is 17.7 Å². The minimum atomic E-state index is -4.65. The summed E-state index contributed by atoms with van der Waals surface area (Å²) < 4.78 is 91.2. The third-order valence-electron chi connectivity index (χ3n) is 10.3. The lowest BCUT2D eigenvalue weighted by Gasteiger charge is -2.48. The zero-order chi connectivity index (χ0) is 48.0. The fourth-order valence-electron chi connectivity index (χ4n) is 7.35. The zero-order valence-electron chi connectivity index (χ0n) is 36.3. The Morgan fingerprint density at radius 2 is 1.54 bits per heavy atom. The first-order valence-corrected chi connectivity index (χ1v) is 20.3. The molecule has 2 aliphatic rings. The summed E-state index contributed by atoms with van der Waals surface area (Å²) in [5.41, 5.74) is -1.70. The van der Waals surface area contributed by atoms with Gasteiger partial charge in [-0.1, -0.05) is 24.3 Å². The highest BCUT2D eigenvalue weighted by Gasteiger charge is 2.59. The van der Waals surface area contributed by atoms with Gasteiger partial charge in [0.15, 0.2) is 18.8 Å². The number of esters is 5. The average Bonchev–Trinajstić information content (AvgIpc) is 3.26. The van der Waals surface area contributed by atoms with Crippen LogP contribution in [0.5, 0.6) is 5.75 Å². The molecule has 0 saturated carbocycles. The van der Waals surface area contributed by atoms with E-state index >= 15 is 0 Å². The minimum absolute atomic E-state index is 0.0303. The lowest BCUT2D eigenvalue weighted by molar-refractivity contribution is -0.317. The van der Waals surface area contributed by atoms with E-state index < -0.39 is 115 Å². The molecule has 2 saturated heterocycles. The summed E-state index contributed by atoms with van der Waals surface area (Å²) in [6, 6.07) is 8.87. The second-order valence-corrected chi connectivity index (χ2v) is 15.0. The van der Waals surface area contributed by atoms with Gasteiger partial charge < -0.3 is 53.3 Å². The molecule has 65 heavy (non-hydrogen) atoms. The molecule has 2 fully saturated rings. The summed E-state index contributed by atoms with van der Waals surface area (Å²) in [4.78, 5) is 91.7. The highest BCUT2D eigenvalue weighted by molar-refractivity contribution is 5.88. The van der Waals surface area contributed by atoms with Crippen LogP contribution in [0.1, 0.15) is 70.1 Å². The number of methoxy groups -OCH3 is 1. The standard InChI is InChI=1S/C44H51F3N2O16/c1-7-8-19-59-33-15-9-30(10-16-33)24-61-43(41(56)57-6)22-34(62-27(3)51)37(49-36(54)25-60-26(2)50)39(65-43)38(64-29(5)53)35(63-28(4)52)23-48-40(55)42(17-20-58-21-18-42)31-11-13-32(14-12-31)44(45,46)47/h1,9-16,34-35,37-39H,8,17-25H2,2-6H3,(H,48,55)(H,49,54)/t34-,35+,37+,38+,39+,43+/m0/s1. The molecule has 2 amide bonds. The molecule has 0 bridgehead atoms. The van der Waals surface area contributed by atoms with Crippen LogP contribution in [0.3, 0.4) is 0 Å². The second kappa shape index (κ2) is 23.1. The summed E-state index contributed by atoms with van der Waals surface area (Å²) in [5, 5.41) is 5.21. The first kappa shape index (κ1) is 51.4. The van der Waals surface area contributed by atoms with Crippen molar-refractivity contribution in [3.05, 3.63) is 65.2 Å². The molecule has 2 heterocycles. The summed E-state index contributed by atoms with van der Waals surface area (Å²) in [6.45, 7) is 2.50. The van der Waals surface area contributed by atoms with Gasteiger partial charge in [-0.15, -0.1) is 12.3 Å². The number of amides is 2. The Labute approximate surface area is 372 Å². The van der Waals surface area contributed by atoms with Crippen molar-refractivity contribution < 1.29 is 89.4 Å². The number of alkyl halides is 3. The van der Waals surface area contributed by atoms with Gasteiger partial charge >= 0.3 is 36.0 Å². The van der Waals surface area contributed by atoms with Crippen LogP contribution in [0.15, 0.2) is 48.5 Å². The van der Waals surface area contributed by atoms with Crippen molar-refractivity contribution in [3.63, 3.8) is 0 Å². The van der Waals surface area contributed by atoms with Gasteiger partial charge in [0.05, 0.1) is 50.3 Å². The number of carbonyl (C=O) groups is 7. The third kappa shape index (κ3) is 14.1. The third-order valence-corrected chi connectivity index (χ3v) is 10.3. The number of hydrogen-bond donors (Lipinski definition) is 2. The van der Waals surface area contributed by atoms with Gasteiger partial charge in [-0.2, -0.15) is 13.2 Å². The van der Waals surface area contributed by atoms with Gasteiger partial charge in [-0.3, -0.25) is 28.8 Å². The molecule has 0 aromatic heterocycles. The number of nitrogens with one attached hydrogen (secondary N) is 2. The quantitative estimate of drug-likeness (QED) is 0.0894. The van der Waals surface area contributed by atoms with Crippen molar-refractivity contribution >= 4 is 41.7 Å². The molecule has 0 aliphatic carbocycles. The molecule has 0 spiro atoms. The van der Waals surface area contributed by atoms with E-state index in [1.54, 1.807) is 24.3 Å². The zero-order valence-corrected chi connectivity index (χ0v) is 36.3. The van der Waals surface area contributed by atoms with Crippen LogP contribution in [0.2, 0.25) is 0 Å². The van der Waals surface area contributed by atoms with Gasteiger partial charge in [-0.05, 0) is 48.2 Å². The smallest absolute Gasteiger partial charge is 0.416 e. The predicted octanol–water partition coefficient (Wildman–Crippen LogP) is 2.99.